The summed E-state index contributed by atoms with van der Waals surface area (Å²) in [4.78, 5) is 12.5. The molecule has 0 aliphatic heterocycles. The van der Waals surface area contributed by atoms with Crippen molar-refractivity contribution in [2.45, 2.75) is 13.5 Å². The number of hydrogen-bond acceptors (Lipinski definition) is 4. The summed E-state index contributed by atoms with van der Waals surface area (Å²) in [6.45, 7) is 2.41. The molecule has 0 saturated heterocycles. The molecule has 5 nitrogen and oxygen atoms in total. The Morgan fingerprint density at radius 3 is 2.64 bits per heavy atom. The fraction of sp³-hybridized carbons (Fsp3) is 0.130. The molecule has 2 aromatic carbocycles. The molecule has 0 aliphatic carbocycles. The van der Waals surface area contributed by atoms with Gasteiger partial charge in [0, 0.05) is 10.9 Å². The molecule has 0 aliphatic rings. The second kappa shape index (κ2) is 7.45. The lowest BCUT2D eigenvalue weighted by molar-refractivity contribution is 0.0531. The van der Waals surface area contributed by atoms with Crippen LogP contribution in [0.1, 0.15) is 28.4 Å². The van der Waals surface area contributed by atoms with Crippen molar-refractivity contribution in [3.8, 4) is 11.8 Å². The van der Waals surface area contributed by atoms with Gasteiger partial charge in [0.15, 0.2) is 0 Å². The predicted octanol–water partition coefficient (Wildman–Crippen LogP) is 4.72. The van der Waals surface area contributed by atoms with Gasteiger partial charge in [0.1, 0.15) is 12.4 Å². The fourth-order valence-corrected chi connectivity index (χ4v) is 3.34. The highest BCUT2D eigenvalue weighted by Gasteiger charge is 2.19. The number of benzene rings is 2. The molecule has 0 N–H and O–H groups in total. The summed E-state index contributed by atoms with van der Waals surface area (Å²) in [6, 6.07) is 20.9. The number of nitriles is 1. The first-order chi connectivity index (χ1) is 13.7. The largest absolute Gasteiger partial charge is 0.487 e. The Kier molecular flexibility index (Phi) is 4.69. The van der Waals surface area contributed by atoms with Crippen LogP contribution in [0.15, 0.2) is 66.9 Å². The van der Waals surface area contributed by atoms with E-state index < -0.39 is 0 Å². The Morgan fingerprint density at radius 2 is 1.82 bits per heavy atom. The van der Waals surface area contributed by atoms with Gasteiger partial charge in [-0.3, -0.25) is 0 Å². The molecular formula is C23H18N2O3. The third-order valence-electron chi connectivity index (χ3n) is 4.62. The van der Waals surface area contributed by atoms with E-state index in [1.54, 1.807) is 13.0 Å². The van der Waals surface area contributed by atoms with Crippen molar-refractivity contribution in [2.75, 3.05) is 6.61 Å². The lowest BCUT2D eigenvalue weighted by Crippen LogP contribution is -2.04. The quantitative estimate of drug-likeness (QED) is 0.477. The second-order valence-electron chi connectivity index (χ2n) is 6.29. The van der Waals surface area contributed by atoms with Gasteiger partial charge in [-0.25, -0.2) is 4.79 Å². The molecule has 0 bridgehead atoms. The van der Waals surface area contributed by atoms with E-state index in [0.717, 1.165) is 22.0 Å². The Hall–Kier alpha value is -3.78. The lowest BCUT2D eigenvalue weighted by atomic mass is 10.1. The molecule has 0 fully saturated rings. The summed E-state index contributed by atoms with van der Waals surface area (Å²) in [5.74, 6) is 0.314. The maximum atomic E-state index is 12.5. The van der Waals surface area contributed by atoms with Crippen molar-refractivity contribution in [1.29, 1.82) is 5.26 Å². The number of hydrogen-bond donors (Lipinski definition) is 0. The van der Waals surface area contributed by atoms with Crippen molar-refractivity contribution < 1.29 is 14.3 Å². The van der Waals surface area contributed by atoms with Gasteiger partial charge in [0.05, 0.1) is 41.0 Å². The third kappa shape index (κ3) is 3.06. The maximum absolute atomic E-state index is 12.5. The van der Waals surface area contributed by atoms with Crippen LogP contribution in [0.25, 0.3) is 16.4 Å². The smallest absolute Gasteiger partial charge is 0.340 e. The van der Waals surface area contributed by atoms with E-state index in [9.17, 15) is 10.1 Å². The Labute approximate surface area is 162 Å². The van der Waals surface area contributed by atoms with E-state index in [1.165, 1.54) is 0 Å². The number of carbonyl (C=O) groups is 1. The number of esters is 1. The molecule has 0 saturated carbocycles. The van der Waals surface area contributed by atoms with Gasteiger partial charge in [0.25, 0.3) is 0 Å². The molecule has 0 spiro atoms. The fourth-order valence-electron chi connectivity index (χ4n) is 3.34. The van der Waals surface area contributed by atoms with Crippen LogP contribution in [0, 0.1) is 11.3 Å². The van der Waals surface area contributed by atoms with Crippen LogP contribution >= 0.6 is 0 Å². The van der Waals surface area contributed by atoms with E-state index in [-0.39, 0.29) is 5.97 Å². The number of ether oxygens (including phenoxy) is 2. The molecule has 2 aromatic heterocycles. The van der Waals surface area contributed by atoms with Crippen molar-refractivity contribution in [2.24, 2.45) is 0 Å². The van der Waals surface area contributed by atoms with E-state index in [1.807, 2.05) is 65.2 Å². The van der Waals surface area contributed by atoms with Crippen LogP contribution in [0.2, 0.25) is 0 Å². The van der Waals surface area contributed by atoms with Gasteiger partial charge in [-0.05, 0) is 31.2 Å². The molecule has 0 atom stereocenters. The molecule has 5 heteroatoms. The maximum Gasteiger partial charge on any atom is 0.340 e. The van der Waals surface area contributed by atoms with Gasteiger partial charge in [-0.15, -0.1) is 0 Å². The third-order valence-corrected chi connectivity index (χ3v) is 4.62. The monoisotopic (exact) mass is 370 g/mol. The van der Waals surface area contributed by atoms with E-state index in [4.69, 9.17) is 9.47 Å². The first kappa shape index (κ1) is 17.6. The molecular weight excluding hydrogens is 352 g/mol. The number of pyridine rings is 1. The zero-order valence-corrected chi connectivity index (χ0v) is 15.4. The summed E-state index contributed by atoms with van der Waals surface area (Å²) < 4.78 is 13.1. The predicted molar refractivity (Wildman–Crippen MR) is 106 cm³/mol. The standard InChI is InChI=1S/C23H18N2O3/c1-2-27-23(26)22-19-9-5-6-10-20(19)25-14-18(11-12-21(22)25)28-15-17-8-4-3-7-16(17)13-24/h3-12,14H,2,15H2,1H3. The normalized spacial score (nSPS) is 10.7. The SMILES string of the molecule is CCOC(=O)c1c2ccccc2n2cc(OCc3ccccc3C#N)ccc12. The minimum atomic E-state index is -0.335. The zero-order chi connectivity index (χ0) is 19.5. The minimum absolute atomic E-state index is 0.291. The van der Waals surface area contributed by atoms with Gasteiger partial charge in [0.2, 0.25) is 0 Å². The van der Waals surface area contributed by atoms with Crippen LogP contribution in [-0.2, 0) is 11.3 Å². The molecule has 0 radical (unpaired) electrons. The summed E-state index contributed by atoms with van der Waals surface area (Å²) in [7, 11) is 0. The summed E-state index contributed by atoms with van der Waals surface area (Å²) in [5.41, 5.74) is 3.65. The average Bonchev–Trinajstić information content (AvgIpc) is 3.06. The number of rotatable bonds is 5. The Bertz CT molecular complexity index is 1220. The number of carbonyl (C=O) groups excluding carboxylic acids is 1. The molecule has 4 rings (SSSR count). The number of aromatic nitrogens is 1. The summed E-state index contributed by atoms with van der Waals surface area (Å²) in [5, 5.41) is 10.1. The summed E-state index contributed by atoms with van der Waals surface area (Å²) in [6.07, 6.45) is 1.86. The number of para-hydroxylation sites is 1. The number of fused-ring (bicyclic) bond motifs is 3. The molecule has 28 heavy (non-hydrogen) atoms. The van der Waals surface area contributed by atoms with Crippen LogP contribution < -0.4 is 4.74 Å². The molecule has 0 unspecified atom stereocenters. The first-order valence-electron chi connectivity index (χ1n) is 9.03. The minimum Gasteiger partial charge on any atom is -0.487 e. The summed E-state index contributed by atoms with van der Waals surface area (Å²) >= 11 is 0. The van der Waals surface area contributed by atoms with Gasteiger partial charge in [-0.2, -0.15) is 5.26 Å². The Balaban J connectivity index is 1.74. The Morgan fingerprint density at radius 1 is 1.04 bits per heavy atom. The highest BCUT2D eigenvalue weighted by Crippen LogP contribution is 2.29. The lowest BCUT2D eigenvalue weighted by Gasteiger charge is -2.09. The van der Waals surface area contributed by atoms with Crippen molar-refractivity contribution >= 4 is 22.4 Å². The number of nitrogens with zero attached hydrogens (tertiary/aromatic N) is 2. The molecule has 0 amide bonds. The zero-order valence-electron chi connectivity index (χ0n) is 15.4. The average molecular weight is 370 g/mol. The van der Waals surface area contributed by atoms with Crippen LogP contribution in [0.4, 0.5) is 0 Å². The van der Waals surface area contributed by atoms with Gasteiger partial charge < -0.3 is 13.9 Å². The highest BCUT2D eigenvalue weighted by atomic mass is 16.5. The van der Waals surface area contributed by atoms with Crippen molar-refractivity contribution in [3.63, 3.8) is 0 Å². The molecule has 138 valence electrons. The van der Waals surface area contributed by atoms with Crippen LogP contribution in [0.3, 0.4) is 0 Å². The van der Waals surface area contributed by atoms with Gasteiger partial charge >= 0.3 is 5.97 Å². The topological polar surface area (TPSA) is 63.7 Å². The van der Waals surface area contributed by atoms with Crippen LogP contribution in [-0.4, -0.2) is 17.0 Å². The second-order valence-corrected chi connectivity index (χ2v) is 6.29. The first-order valence-corrected chi connectivity index (χ1v) is 9.03. The van der Waals surface area contributed by atoms with Crippen molar-refractivity contribution in [1.82, 2.24) is 4.40 Å². The van der Waals surface area contributed by atoms with Crippen LogP contribution in [0.5, 0.6) is 5.75 Å². The molecule has 4 aromatic rings. The van der Waals surface area contributed by atoms with E-state index in [2.05, 4.69) is 6.07 Å². The van der Waals surface area contributed by atoms with Crippen molar-refractivity contribution in [3.05, 3.63) is 83.6 Å². The van der Waals surface area contributed by atoms with E-state index >= 15 is 0 Å². The highest BCUT2D eigenvalue weighted by molar-refractivity contribution is 6.11. The van der Waals surface area contributed by atoms with E-state index in [0.29, 0.717) is 30.1 Å². The molecule has 2 heterocycles. The van der Waals surface area contributed by atoms with Gasteiger partial charge in [-0.1, -0.05) is 36.4 Å².